The summed E-state index contributed by atoms with van der Waals surface area (Å²) in [5, 5.41) is 3.65. The minimum atomic E-state index is -0.256. The number of benzene rings is 1. The van der Waals surface area contributed by atoms with E-state index < -0.39 is 0 Å². The first-order chi connectivity index (χ1) is 9.63. The summed E-state index contributed by atoms with van der Waals surface area (Å²) in [6, 6.07) is 3.20. The maximum atomic E-state index is 12.1. The first-order valence-corrected chi connectivity index (χ1v) is 6.84. The summed E-state index contributed by atoms with van der Waals surface area (Å²) in [7, 11) is 0. The van der Waals surface area contributed by atoms with Gasteiger partial charge in [-0.3, -0.25) is 4.79 Å². The molecule has 0 radical (unpaired) electrons. The fourth-order valence-corrected chi connectivity index (χ4v) is 2.62. The second kappa shape index (κ2) is 5.01. The molecule has 20 heavy (non-hydrogen) atoms. The third-order valence-corrected chi connectivity index (χ3v) is 3.77. The fourth-order valence-electron chi connectivity index (χ4n) is 1.89. The van der Waals surface area contributed by atoms with Crippen molar-refractivity contribution in [1.82, 2.24) is 10.3 Å². The topological polar surface area (TPSA) is 86.5 Å². The highest BCUT2D eigenvalue weighted by atomic mass is 32.1. The maximum absolute atomic E-state index is 12.1. The zero-order valence-electron chi connectivity index (χ0n) is 10.8. The Balaban J connectivity index is 1.74. The van der Waals surface area contributed by atoms with Crippen molar-refractivity contribution in [2.45, 2.75) is 13.5 Å². The number of carbonyl (C=O) groups is 1. The van der Waals surface area contributed by atoms with Crippen LogP contribution in [0, 0.1) is 6.92 Å². The first kappa shape index (κ1) is 12.7. The number of nitrogens with zero attached hydrogens (tertiary/aromatic N) is 1. The molecule has 0 spiro atoms. The van der Waals surface area contributed by atoms with Gasteiger partial charge in [0.1, 0.15) is 5.01 Å². The van der Waals surface area contributed by atoms with E-state index in [1.54, 1.807) is 29.7 Å². The number of nitrogens with two attached hydrogens (primary N) is 1. The molecule has 1 aromatic heterocycles. The largest absolute Gasteiger partial charge is 0.454 e. The number of ether oxygens (including phenoxy) is 2. The molecule has 0 fully saturated rings. The van der Waals surface area contributed by atoms with Crippen LogP contribution >= 0.6 is 11.3 Å². The van der Waals surface area contributed by atoms with E-state index in [0.29, 0.717) is 29.3 Å². The quantitative estimate of drug-likeness (QED) is 0.840. The van der Waals surface area contributed by atoms with Crippen molar-refractivity contribution in [3.63, 3.8) is 0 Å². The predicted octanol–water partition coefficient (Wildman–Crippen LogP) is 1.69. The molecule has 0 bridgehead atoms. The van der Waals surface area contributed by atoms with E-state index in [1.165, 1.54) is 0 Å². The van der Waals surface area contributed by atoms with Crippen LogP contribution in [0.25, 0.3) is 0 Å². The number of aromatic nitrogens is 1. The first-order valence-electron chi connectivity index (χ1n) is 6.02. The number of carbonyl (C=O) groups excluding carboxylic acids is 1. The van der Waals surface area contributed by atoms with E-state index >= 15 is 0 Å². The van der Waals surface area contributed by atoms with E-state index in [4.69, 9.17) is 15.2 Å². The van der Waals surface area contributed by atoms with Crippen molar-refractivity contribution < 1.29 is 14.3 Å². The van der Waals surface area contributed by atoms with Crippen LogP contribution in [0.3, 0.4) is 0 Å². The van der Waals surface area contributed by atoms with Crippen molar-refractivity contribution in [3.05, 3.63) is 33.8 Å². The van der Waals surface area contributed by atoms with Gasteiger partial charge in [0.25, 0.3) is 5.91 Å². The Morgan fingerprint density at radius 3 is 2.90 bits per heavy atom. The van der Waals surface area contributed by atoms with Gasteiger partial charge >= 0.3 is 0 Å². The number of aryl methyl sites for hydroxylation is 1. The van der Waals surface area contributed by atoms with Crippen LogP contribution in [0.4, 0.5) is 5.69 Å². The molecule has 1 aromatic carbocycles. The molecule has 1 aliphatic rings. The van der Waals surface area contributed by atoms with Gasteiger partial charge in [-0.05, 0) is 13.0 Å². The minimum absolute atomic E-state index is 0.151. The lowest BCUT2D eigenvalue weighted by molar-refractivity contribution is 0.0951. The zero-order valence-corrected chi connectivity index (χ0v) is 11.6. The predicted molar refractivity (Wildman–Crippen MR) is 75.0 cm³/mol. The van der Waals surface area contributed by atoms with E-state index in [1.807, 2.05) is 6.92 Å². The monoisotopic (exact) mass is 291 g/mol. The standard InChI is InChI=1S/C13H13N3O3S/c1-7-4-15-12(20-7)5-16-13(17)8-2-10-11(3-9(8)14)19-6-18-10/h2-4H,5-6,14H2,1H3,(H,16,17). The van der Waals surface area contributed by atoms with Gasteiger partial charge in [0.15, 0.2) is 11.5 Å². The Labute approximate surface area is 119 Å². The minimum Gasteiger partial charge on any atom is -0.454 e. The summed E-state index contributed by atoms with van der Waals surface area (Å²) in [6.45, 7) is 2.50. The second-order valence-corrected chi connectivity index (χ2v) is 5.66. The van der Waals surface area contributed by atoms with Gasteiger partial charge in [-0.15, -0.1) is 11.3 Å². The van der Waals surface area contributed by atoms with Gasteiger partial charge in [-0.1, -0.05) is 0 Å². The van der Waals surface area contributed by atoms with Gasteiger partial charge in [-0.25, -0.2) is 4.98 Å². The lowest BCUT2D eigenvalue weighted by atomic mass is 10.1. The summed E-state index contributed by atoms with van der Waals surface area (Å²) < 4.78 is 10.4. The van der Waals surface area contributed by atoms with Crippen LogP contribution in [0.2, 0.25) is 0 Å². The van der Waals surface area contributed by atoms with Crippen molar-refractivity contribution in [2.24, 2.45) is 0 Å². The number of anilines is 1. The van der Waals surface area contributed by atoms with Gasteiger partial charge in [0.2, 0.25) is 6.79 Å². The molecule has 104 valence electrons. The molecule has 1 aliphatic heterocycles. The number of hydrogen-bond donors (Lipinski definition) is 2. The highest BCUT2D eigenvalue weighted by molar-refractivity contribution is 7.11. The Hall–Kier alpha value is -2.28. The number of amides is 1. The molecular weight excluding hydrogens is 278 g/mol. The molecule has 7 heteroatoms. The molecule has 2 aromatic rings. The molecule has 0 unspecified atom stereocenters. The highest BCUT2D eigenvalue weighted by Crippen LogP contribution is 2.35. The van der Waals surface area contributed by atoms with Crippen molar-refractivity contribution in [1.29, 1.82) is 0 Å². The van der Waals surface area contributed by atoms with Crippen LogP contribution in [-0.2, 0) is 6.54 Å². The van der Waals surface area contributed by atoms with E-state index in [-0.39, 0.29) is 12.7 Å². The van der Waals surface area contributed by atoms with Crippen LogP contribution < -0.4 is 20.5 Å². The lowest BCUT2D eigenvalue weighted by Gasteiger charge is -2.07. The highest BCUT2D eigenvalue weighted by Gasteiger charge is 2.19. The number of fused-ring (bicyclic) bond motifs is 1. The summed E-state index contributed by atoms with van der Waals surface area (Å²) in [5.41, 5.74) is 6.60. The number of thiazole rings is 1. The SMILES string of the molecule is Cc1cnc(CNC(=O)c2cc3c(cc2N)OCO3)s1. The molecule has 6 nitrogen and oxygen atoms in total. The Morgan fingerprint density at radius 2 is 2.20 bits per heavy atom. The van der Waals surface area contributed by atoms with Gasteiger partial charge in [0.05, 0.1) is 12.1 Å². The zero-order chi connectivity index (χ0) is 14.1. The Bertz CT molecular complexity index is 669. The van der Waals surface area contributed by atoms with Crippen molar-refractivity contribution in [2.75, 3.05) is 12.5 Å². The van der Waals surface area contributed by atoms with Crippen molar-refractivity contribution in [3.8, 4) is 11.5 Å². The summed E-state index contributed by atoms with van der Waals surface area (Å²) >= 11 is 1.55. The normalized spacial score (nSPS) is 12.4. The molecular formula is C13H13N3O3S. The smallest absolute Gasteiger partial charge is 0.253 e. The molecule has 0 saturated carbocycles. The third-order valence-electron chi connectivity index (χ3n) is 2.86. The van der Waals surface area contributed by atoms with Crippen LogP contribution in [0.15, 0.2) is 18.3 Å². The fraction of sp³-hybridized carbons (Fsp3) is 0.231. The summed E-state index contributed by atoms with van der Waals surface area (Å²) in [4.78, 5) is 17.4. The van der Waals surface area contributed by atoms with Crippen LogP contribution in [0.1, 0.15) is 20.2 Å². The van der Waals surface area contributed by atoms with Crippen LogP contribution in [-0.4, -0.2) is 17.7 Å². The van der Waals surface area contributed by atoms with Gasteiger partial charge in [-0.2, -0.15) is 0 Å². The molecule has 3 rings (SSSR count). The van der Waals surface area contributed by atoms with Gasteiger partial charge in [0, 0.05) is 22.8 Å². The van der Waals surface area contributed by atoms with E-state index in [2.05, 4.69) is 10.3 Å². The Kier molecular flexibility index (Phi) is 3.19. The van der Waals surface area contributed by atoms with E-state index in [0.717, 1.165) is 9.88 Å². The summed E-state index contributed by atoms with van der Waals surface area (Å²) in [6.07, 6.45) is 1.78. The average Bonchev–Trinajstić information content (AvgIpc) is 3.03. The van der Waals surface area contributed by atoms with Crippen molar-refractivity contribution >= 4 is 22.9 Å². The number of nitrogen functional groups attached to an aromatic ring is 1. The van der Waals surface area contributed by atoms with E-state index in [9.17, 15) is 4.79 Å². The summed E-state index contributed by atoms with van der Waals surface area (Å²) in [5.74, 6) is 0.845. The number of nitrogens with one attached hydrogen (secondary N) is 1. The molecule has 1 amide bonds. The molecule has 0 atom stereocenters. The number of rotatable bonds is 3. The second-order valence-electron chi connectivity index (χ2n) is 4.34. The molecule has 0 saturated heterocycles. The Morgan fingerprint density at radius 1 is 1.45 bits per heavy atom. The average molecular weight is 291 g/mol. The third kappa shape index (κ3) is 2.39. The molecule has 3 N–H and O–H groups in total. The molecule has 0 aliphatic carbocycles. The molecule has 2 heterocycles. The maximum Gasteiger partial charge on any atom is 0.253 e. The van der Waals surface area contributed by atoms with Gasteiger partial charge < -0.3 is 20.5 Å². The number of hydrogen-bond acceptors (Lipinski definition) is 6. The lowest BCUT2D eigenvalue weighted by Crippen LogP contribution is -2.23. The van der Waals surface area contributed by atoms with Crippen LogP contribution in [0.5, 0.6) is 11.5 Å².